The fraction of sp³-hybridized carbons (Fsp3) is 0.279. The summed E-state index contributed by atoms with van der Waals surface area (Å²) in [6, 6.07) is 50.0. The third-order valence-corrected chi connectivity index (χ3v) is 13.6. The molecule has 2 fully saturated rings. The predicted octanol–water partition coefficient (Wildman–Crippen LogP) is 10.1. The van der Waals surface area contributed by atoms with Gasteiger partial charge in [0.25, 0.3) is 11.8 Å². The second-order valence-corrected chi connectivity index (χ2v) is 18.6. The molecule has 388 valence electrons. The zero-order chi connectivity index (χ0) is 52.8. The average molecular weight is 1030 g/mol. The van der Waals surface area contributed by atoms with Crippen LogP contribution in [0.4, 0.5) is 11.6 Å². The summed E-state index contributed by atoms with van der Waals surface area (Å²) in [6.07, 6.45) is 5.31. The van der Waals surface area contributed by atoms with Crippen LogP contribution in [-0.2, 0) is 13.1 Å². The lowest BCUT2D eigenvalue weighted by molar-refractivity contribution is 0.165. The van der Waals surface area contributed by atoms with Crippen LogP contribution < -0.4 is 29.2 Å². The Bertz CT molecular complexity index is 3320. The minimum atomic E-state index is 0.193. The van der Waals surface area contributed by atoms with Crippen molar-refractivity contribution in [3.8, 4) is 80.2 Å². The molecule has 8 aromatic rings. The number of ether oxygens (including phenoxy) is 4. The maximum absolute atomic E-state index is 9.07. The number of rotatable bonds is 11. The molecule has 4 aliphatic rings. The number of nitrogens with zero attached hydrogens (tertiary/aromatic N) is 11. The van der Waals surface area contributed by atoms with Gasteiger partial charge in [-0.1, -0.05) is 123 Å². The largest absolute Gasteiger partial charge is 0.484 e. The van der Waals surface area contributed by atoms with Crippen LogP contribution in [0.3, 0.4) is 0 Å². The lowest BCUT2D eigenvalue weighted by atomic mass is 9.97. The van der Waals surface area contributed by atoms with Crippen LogP contribution in [0.1, 0.15) is 49.5 Å². The molecule has 0 bridgehead atoms. The number of piperidine rings is 1. The van der Waals surface area contributed by atoms with E-state index in [9.17, 15) is 0 Å². The summed E-state index contributed by atoms with van der Waals surface area (Å²) >= 11 is 0. The van der Waals surface area contributed by atoms with E-state index < -0.39 is 0 Å². The van der Waals surface area contributed by atoms with E-state index in [0.29, 0.717) is 61.5 Å². The average Bonchev–Trinajstić information content (AvgIpc) is 3.52. The Hall–Kier alpha value is -8.96. The lowest BCUT2D eigenvalue weighted by Gasteiger charge is -2.35. The fourth-order valence-corrected chi connectivity index (χ4v) is 9.77. The first-order chi connectivity index (χ1) is 38.0. The number of nitrogens with one attached hydrogen (secondary N) is 1. The highest BCUT2D eigenvalue weighted by atomic mass is 16.6. The number of nitriles is 2. The minimum absolute atomic E-state index is 0.193. The molecule has 12 rings (SSSR count). The van der Waals surface area contributed by atoms with Gasteiger partial charge in [0.1, 0.15) is 50.2 Å². The molecule has 4 aliphatic heterocycles. The highest BCUT2D eigenvalue weighted by Crippen LogP contribution is 2.41. The third kappa shape index (κ3) is 12.8. The number of piperazine rings is 1. The van der Waals surface area contributed by atoms with Crippen molar-refractivity contribution in [2.75, 3.05) is 75.9 Å². The monoisotopic (exact) mass is 1020 g/mol. The quantitative estimate of drug-likeness (QED) is 0.129. The number of likely N-dealkylation sites (tertiary alicyclic amines) is 1. The maximum atomic E-state index is 9.07. The Labute approximate surface area is 449 Å². The smallest absolute Gasteiger partial charge is 0.257 e. The van der Waals surface area contributed by atoms with E-state index in [-0.39, 0.29) is 11.6 Å². The van der Waals surface area contributed by atoms with Gasteiger partial charge in [-0.25, -0.2) is 29.9 Å². The lowest BCUT2D eigenvalue weighted by Crippen LogP contribution is -2.46. The normalized spacial score (nSPS) is 15.1. The first-order valence-electron chi connectivity index (χ1n) is 26.3. The van der Waals surface area contributed by atoms with E-state index >= 15 is 0 Å². The van der Waals surface area contributed by atoms with Gasteiger partial charge in [-0.2, -0.15) is 10.5 Å². The molecule has 4 aromatic carbocycles. The maximum Gasteiger partial charge on any atom is 0.257 e. The summed E-state index contributed by atoms with van der Waals surface area (Å²) in [5, 5.41) is 21.5. The number of anilines is 2. The number of aromatic nitrogens is 6. The van der Waals surface area contributed by atoms with Gasteiger partial charge in [0.2, 0.25) is 11.6 Å². The van der Waals surface area contributed by atoms with Gasteiger partial charge in [0, 0.05) is 93.0 Å². The van der Waals surface area contributed by atoms with Gasteiger partial charge in [0.15, 0.2) is 11.5 Å². The van der Waals surface area contributed by atoms with Crippen LogP contribution in [0.25, 0.3) is 44.8 Å². The van der Waals surface area contributed by atoms with Crippen molar-refractivity contribution >= 4 is 11.6 Å². The SMILES string of the molecule is CC.N#Cc1nccc(N2CCN(Cc3ccc(-c4cc5c(nc4-c4ccccc4)OCCO5)cc3)CC2)n1.N#Cc1nccc(NC2CCN(Cc3ccc(-c4cc5c(nc4-c4ccccc4)OCCO5)cc3)CC2)n1. The molecular formula is C61H60N12O4. The van der Waals surface area contributed by atoms with E-state index in [2.05, 4.69) is 113 Å². The molecule has 4 aromatic heterocycles. The van der Waals surface area contributed by atoms with Crippen molar-refractivity contribution < 1.29 is 18.9 Å². The molecular weight excluding hydrogens is 965 g/mol. The van der Waals surface area contributed by atoms with Gasteiger partial charge >= 0.3 is 0 Å². The standard InChI is InChI=1S/C30H28N6O2.C29H26N6O2.C2H6/c31-19-28-32-13-10-27(34-28)33-24-11-14-36(15-12-24)20-21-6-8-22(9-7-21)25-18-26-30(38-17-16-37-26)35-29(25)23-4-2-1-3-5-23;30-19-26-31-11-10-27(32-26)35-14-12-34(13-15-35)20-21-6-8-22(9-7-21)24-18-25-29(37-17-16-36-25)33-28(24)23-4-2-1-3-5-23;1-2/h1-10,13,18,24H,11-12,14-17,20H2,(H,32,33,34);1-11,18H,12-17,20H2;1-2H3. The predicted molar refractivity (Wildman–Crippen MR) is 296 cm³/mol. The van der Waals surface area contributed by atoms with Crippen LogP contribution in [-0.4, -0.2) is 111 Å². The molecule has 1 N–H and O–H groups in total. The van der Waals surface area contributed by atoms with Gasteiger partial charge in [-0.05, 0) is 59.4 Å². The second kappa shape index (κ2) is 25.0. The molecule has 0 spiro atoms. The van der Waals surface area contributed by atoms with Crippen molar-refractivity contribution in [3.63, 3.8) is 0 Å². The number of benzene rings is 4. The van der Waals surface area contributed by atoms with Crippen LogP contribution in [0.5, 0.6) is 23.3 Å². The minimum Gasteiger partial charge on any atom is -0.484 e. The van der Waals surface area contributed by atoms with E-state index in [1.165, 1.54) is 11.1 Å². The topological polar surface area (TPSA) is 184 Å². The van der Waals surface area contributed by atoms with Crippen LogP contribution in [0.2, 0.25) is 0 Å². The first-order valence-corrected chi connectivity index (χ1v) is 26.3. The Morgan fingerprint density at radius 2 is 0.974 bits per heavy atom. The summed E-state index contributed by atoms with van der Waals surface area (Å²) in [7, 11) is 0. The molecule has 0 amide bonds. The van der Waals surface area contributed by atoms with E-state index in [1.54, 1.807) is 12.4 Å². The number of fused-ring (bicyclic) bond motifs is 2. The Morgan fingerprint density at radius 3 is 1.48 bits per heavy atom. The van der Waals surface area contributed by atoms with Gasteiger partial charge in [-0.3, -0.25) is 9.80 Å². The molecule has 77 heavy (non-hydrogen) atoms. The first kappa shape index (κ1) is 51.5. The van der Waals surface area contributed by atoms with Gasteiger partial charge < -0.3 is 29.2 Å². The molecule has 16 heteroatoms. The Kier molecular flexibility index (Phi) is 16.8. The summed E-state index contributed by atoms with van der Waals surface area (Å²) in [5.41, 5.74) is 10.7. The fourth-order valence-electron chi connectivity index (χ4n) is 9.77. The number of pyridine rings is 2. The Balaban J connectivity index is 0.000000169. The van der Waals surface area contributed by atoms with Crippen molar-refractivity contribution in [2.45, 2.75) is 45.8 Å². The van der Waals surface area contributed by atoms with Crippen LogP contribution in [0.15, 0.2) is 146 Å². The van der Waals surface area contributed by atoms with Crippen LogP contribution >= 0.6 is 0 Å². The molecule has 0 aliphatic carbocycles. The summed E-state index contributed by atoms with van der Waals surface area (Å²) in [4.78, 5) is 33.3. The molecule has 0 radical (unpaired) electrons. The zero-order valence-electron chi connectivity index (χ0n) is 43.4. The van der Waals surface area contributed by atoms with Crippen molar-refractivity contribution in [2.24, 2.45) is 0 Å². The number of hydrogen-bond donors (Lipinski definition) is 1. The van der Waals surface area contributed by atoms with Gasteiger partial charge in [0.05, 0.1) is 11.4 Å². The second-order valence-electron chi connectivity index (χ2n) is 18.6. The summed E-state index contributed by atoms with van der Waals surface area (Å²) < 4.78 is 23.2. The van der Waals surface area contributed by atoms with E-state index in [4.69, 9.17) is 39.4 Å². The third-order valence-electron chi connectivity index (χ3n) is 13.6. The van der Waals surface area contributed by atoms with E-state index in [0.717, 1.165) is 116 Å². The summed E-state index contributed by atoms with van der Waals surface area (Å²) in [6.45, 7) is 13.5. The van der Waals surface area contributed by atoms with Gasteiger partial charge in [-0.15, -0.1) is 0 Å². The van der Waals surface area contributed by atoms with Crippen molar-refractivity contribution in [1.82, 2.24) is 39.7 Å². The van der Waals surface area contributed by atoms with Crippen molar-refractivity contribution in [3.05, 3.63) is 169 Å². The zero-order valence-corrected chi connectivity index (χ0v) is 43.4. The molecule has 0 unspecified atom stereocenters. The van der Waals surface area contributed by atoms with Crippen LogP contribution in [0, 0.1) is 22.7 Å². The van der Waals surface area contributed by atoms with E-state index in [1.807, 2.05) is 86.6 Å². The summed E-state index contributed by atoms with van der Waals surface area (Å²) in [5.74, 6) is 4.43. The molecule has 8 heterocycles. The highest BCUT2D eigenvalue weighted by Gasteiger charge is 2.24. The highest BCUT2D eigenvalue weighted by molar-refractivity contribution is 5.84. The van der Waals surface area contributed by atoms with Crippen molar-refractivity contribution in [1.29, 1.82) is 10.5 Å². The number of hydrogen-bond acceptors (Lipinski definition) is 16. The molecule has 0 saturated carbocycles. The molecule has 16 nitrogen and oxygen atoms in total. The molecule has 2 saturated heterocycles. The molecule has 0 atom stereocenters. The Morgan fingerprint density at radius 1 is 0.506 bits per heavy atom.